The van der Waals surface area contributed by atoms with E-state index in [0.29, 0.717) is 18.7 Å². The van der Waals surface area contributed by atoms with Gasteiger partial charge in [-0.25, -0.2) is 0 Å². The molecule has 0 aliphatic heterocycles. The Morgan fingerprint density at radius 2 is 1.62 bits per heavy atom. The fourth-order valence-corrected chi connectivity index (χ4v) is 2.62. The number of anilines is 1. The van der Waals surface area contributed by atoms with Gasteiger partial charge in [0.2, 0.25) is 5.91 Å². The van der Waals surface area contributed by atoms with E-state index in [1.807, 2.05) is 36.4 Å². The Hall–Kier alpha value is -2.86. The van der Waals surface area contributed by atoms with Gasteiger partial charge in [-0.15, -0.1) is 0 Å². The van der Waals surface area contributed by atoms with E-state index in [2.05, 4.69) is 26.6 Å². The van der Waals surface area contributed by atoms with Crippen LogP contribution in [-0.2, 0) is 17.8 Å². The fourth-order valence-electron chi connectivity index (χ4n) is 2.36. The van der Waals surface area contributed by atoms with Crippen molar-refractivity contribution >= 4 is 33.4 Å². The summed E-state index contributed by atoms with van der Waals surface area (Å²) in [5.74, 6) is -0.0812. The smallest absolute Gasteiger partial charge is 0.291 e. The van der Waals surface area contributed by atoms with Crippen LogP contribution in [-0.4, -0.2) is 11.8 Å². The summed E-state index contributed by atoms with van der Waals surface area (Å²) in [6, 6.07) is 18.2. The minimum Gasteiger partial charge on any atom is -0.459 e. The first kappa shape index (κ1) is 17.9. The Morgan fingerprint density at radius 3 is 2.27 bits per heavy atom. The number of rotatable bonds is 6. The summed E-state index contributed by atoms with van der Waals surface area (Å²) in [6.45, 7) is 0.432. The highest BCUT2D eigenvalue weighted by atomic mass is 79.9. The molecule has 0 spiro atoms. The molecule has 3 aromatic rings. The van der Waals surface area contributed by atoms with Crippen LogP contribution in [0.15, 0.2) is 75.8 Å². The number of amides is 2. The lowest BCUT2D eigenvalue weighted by Gasteiger charge is -2.07. The van der Waals surface area contributed by atoms with E-state index in [-0.39, 0.29) is 17.6 Å². The zero-order valence-corrected chi connectivity index (χ0v) is 15.5. The first-order valence-corrected chi connectivity index (χ1v) is 8.84. The van der Waals surface area contributed by atoms with Gasteiger partial charge in [0.1, 0.15) is 0 Å². The van der Waals surface area contributed by atoms with Crippen molar-refractivity contribution in [1.82, 2.24) is 5.32 Å². The van der Waals surface area contributed by atoms with Crippen molar-refractivity contribution in [3.05, 3.63) is 88.3 Å². The molecule has 3 rings (SSSR count). The lowest BCUT2D eigenvalue weighted by atomic mass is 10.1. The number of hydrogen-bond donors (Lipinski definition) is 2. The molecule has 1 heterocycles. The van der Waals surface area contributed by atoms with Crippen LogP contribution in [0.4, 0.5) is 5.69 Å². The quantitative estimate of drug-likeness (QED) is 0.638. The van der Waals surface area contributed by atoms with Crippen LogP contribution in [0.5, 0.6) is 0 Å². The Labute approximate surface area is 159 Å². The van der Waals surface area contributed by atoms with Crippen LogP contribution in [0.3, 0.4) is 0 Å². The van der Waals surface area contributed by atoms with Crippen molar-refractivity contribution in [2.45, 2.75) is 13.0 Å². The molecule has 0 saturated carbocycles. The van der Waals surface area contributed by atoms with E-state index in [1.54, 1.807) is 24.3 Å². The second-order valence-corrected chi connectivity index (χ2v) is 6.62. The summed E-state index contributed by atoms with van der Waals surface area (Å²) < 4.78 is 6.04. The Kier molecular flexibility index (Phi) is 5.86. The first-order valence-electron chi connectivity index (χ1n) is 8.05. The van der Waals surface area contributed by atoms with E-state index in [0.717, 1.165) is 15.6 Å². The van der Waals surface area contributed by atoms with Gasteiger partial charge in [-0.3, -0.25) is 9.59 Å². The lowest BCUT2D eigenvalue weighted by Crippen LogP contribution is -2.24. The molecule has 26 heavy (non-hydrogen) atoms. The highest BCUT2D eigenvalue weighted by Crippen LogP contribution is 2.13. The van der Waals surface area contributed by atoms with Gasteiger partial charge >= 0.3 is 0 Å². The normalized spacial score (nSPS) is 10.3. The van der Waals surface area contributed by atoms with Crippen molar-refractivity contribution in [1.29, 1.82) is 0 Å². The van der Waals surface area contributed by atoms with E-state index in [4.69, 9.17) is 4.42 Å². The van der Waals surface area contributed by atoms with Crippen LogP contribution < -0.4 is 10.6 Å². The Morgan fingerprint density at radius 1 is 0.923 bits per heavy atom. The summed E-state index contributed by atoms with van der Waals surface area (Å²) >= 11 is 3.37. The standard InChI is InChI=1S/C20H17BrN2O3/c21-16-7-3-14(4-8-16)12-19(24)22-13-15-5-9-17(10-6-15)23-20(25)18-2-1-11-26-18/h1-11H,12-13H2,(H,22,24)(H,23,25). The molecule has 2 aromatic carbocycles. The second-order valence-electron chi connectivity index (χ2n) is 5.71. The van der Waals surface area contributed by atoms with Gasteiger partial charge in [-0.2, -0.15) is 0 Å². The maximum absolute atomic E-state index is 12.0. The van der Waals surface area contributed by atoms with Gasteiger partial charge in [-0.05, 0) is 47.5 Å². The molecule has 0 radical (unpaired) electrons. The van der Waals surface area contributed by atoms with Gasteiger partial charge in [0.05, 0.1) is 12.7 Å². The minimum atomic E-state index is -0.300. The monoisotopic (exact) mass is 412 g/mol. The molecule has 0 fully saturated rings. The molecule has 0 saturated heterocycles. The van der Waals surface area contributed by atoms with Crippen molar-refractivity contribution in [2.24, 2.45) is 0 Å². The number of halogens is 1. The molecular weight excluding hydrogens is 396 g/mol. The number of hydrogen-bond acceptors (Lipinski definition) is 3. The van der Waals surface area contributed by atoms with Crippen molar-refractivity contribution in [3.63, 3.8) is 0 Å². The molecule has 0 bridgehead atoms. The number of carbonyl (C=O) groups is 2. The summed E-state index contributed by atoms with van der Waals surface area (Å²) in [7, 11) is 0. The molecule has 5 nitrogen and oxygen atoms in total. The molecular formula is C20H17BrN2O3. The molecule has 132 valence electrons. The predicted molar refractivity (Wildman–Crippen MR) is 103 cm³/mol. The van der Waals surface area contributed by atoms with Gasteiger partial charge < -0.3 is 15.1 Å². The van der Waals surface area contributed by atoms with E-state index >= 15 is 0 Å². The molecule has 0 atom stereocenters. The van der Waals surface area contributed by atoms with Gasteiger partial charge in [0.15, 0.2) is 5.76 Å². The minimum absolute atomic E-state index is 0.0393. The van der Waals surface area contributed by atoms with Crippen molar-refractivity contribution in [3.8, 4) is 0 Å². The van der Waals surface area contributed by atoms with Crippen LogP contribution in [0.2, 0.25) is 0 Å². The SMILES string of the molecule is O=C(Cc1ccc(Br)cc1)NCc1ccc(NC(=O)c2ccco2)cc1. The number of benzene rings is 2. The van der Waals surface area contributed by atoms with Gasteiger partial charge in [0.25, 0.3) is 5.91 Å². The van der Waals surface area contributed by atoms with Crippen molar-refractivity contribution < 1.29 is 14.0 Å². The summed E-state index contributed by atoms with van der Waals surface area (Å²) in [5.41, 5.74) is 2.57. The third-order valence-electron chi connectivity index (χ3n) is 3.72. The summed E-state index contributed by atoms with van der Waals surface area (Å²) in [5, 5.41) is 5.64. The third kappa shape index (κ3) is 5.07. The lowest BCUT2D eigenvalue weighted by molar-refractivity contribution is -0.120. The predicted octanol–water partition coefficient (Wildman–Crippen LogP) is 4.15. The molecule has 0 unspecified atom stereocenters. The Bertz CT molecular complexity index is 872. The zero-order chi connectivity index (χ0) is 18.4. The van der Waals surface area contributed by atoms with E-state index in [9.17, 15) is 9.59 Å². The average molecular weight is 413 g/mol. The highest BCUT2D eigenvalue weighted by molar-refractivity contribution is 9.10. The molecule has 2 N–H and O–H groups in total. The molecule has 2 amide bonds. The van der Waals surface area contributed by atoms with Crippen molar-refractivity contribution in [2.75, 3.05) is 5.32 Å². The topological polar surface area (TPSA) is 71.3 Å². The molecule has 0 aliphatic carbocycles. The number of carbonyl (C=O) groups excluding carboxylic acids is 2. The Balaban J connectivity index is 1.48. The van der Waals surface area contributed by atoms with Gasteiger partial charge in [-0.1, -0.05) is 40.2 Å². The maximum Gasteiger partial charge on any atom is 0.291 e. The van der Waals surface area contributed by atoms with Crippen LogP contribution >= 0.6 is 15.9 Å². The van der Waals surface area contributed by atoms with Crippen LogP contribution in [0.25, 0.3) is 0 Å². The highest BCUT2D eigenvalue weighted by Gasteiger charge is 2.08. The van der Waals surface area contributed by atoms with Crippen LogP contribution in [0.1, 0.15) is 21.7 Å². The molecule has 0 aliphatic rings. The second kappa shape index (κ2) is 8.49. The summed E-state index contributed by atoms with van der Waals surface area (Å²) in [4.78, 5) is 23.9. The average Bonchev–Trinajstić information content (AvgIpc) is 3.18. The molecule has 6 heteroatoms. The van der Waals surface area contributed by atoms with E-state index in [1.165, 1.54) is 6.26 Å². The zero-order valence-electron chi connectivity index (χ0n) is 13.9. The number of nitrogens with one attached hydrogen (secondary N) is 2. The number of furan rings is 1. The van der Waals surface area contributed by atoms with E-state index < -0.39 is 0 Å². The molecule has 1 aromatic heterocycles. The fraction of sp³-hybridized carbons (Fsp3) is 0.100. The van der Waals surface area contributed by atoms with Gasteiger partial charge in [0, 0.05) is 16.7 Å². The third-order valence-corrected chi connectivity index (χ3v) is 4.25. The maximum atomic E-state index is 12.0. The van der Waals surface area contributed by atoms with Crippen LogP contribution in [0, 0.1) is 0 Å². The first-order chi connectivity index (χ1) is 12.6. The largest absolute Gasteiger partial charge is 0.459 e. The summed E-state index contributed by atoms with van der Waals surface area (Å²) in [6.07, 6.45) is 1.79.